The molecule has 2 N–H and O–H groups in total. The van der Waals surface area contributed by atoms with Gasteiger partial charge in [-0.05, 0) is 24.0 Å². The molecule has 0 heterocycles. The predicted octanol–water partition coefficient (Wildman–Crippen LogP) is 2.24. The molecule has 0 aliphatic carbocycles. The molecule has 0 fully saturated rings. The second kappa shape index (κ2) is 8.06. The smallest absolute Gasteiger partial charge is 0.251 e. The highest BCUT2D eigenvalue weighted by Crippen LogP contribution is 2.38. The van der Waals surface area contributed by atoms with Gasteiger partial charge >= 0.3 is 0 Å². The van der Waals surface area contributed by atoms with E-state index in [1.165, 1.54) is 21.3 Å². The quantitative estimate of drug-likeness (QED) is 0.804. The molecule has 6 nitrogen and oxygen atoms in total. The first-order valence-electron chi connectivity index (χ1n) is 7.50. The van der Waals surface area contributed by atoms with Crippen LogP contribution in [0.2, 0.25) is 0 Å². The van der Waals surface area contributed by atoms with Crippen LogP contribution in [0.1, 0.15) is 37.6 Å². The van der Waals surface area contributed by atoms with Gasteiger partial charge in [0.2, 0.25) is 5.75 Å². The average molecular weight is 325 g/mol. The van der Waals surface area contributed by atoms with E-state index in [-0.39, 0.29) is 11.3 Å². The molecule has 0 aromatic heterocycles. The molecule has 1 atom stereocenters. The fourth-order valence-electron chi connectivity index (χ4n) is 2.07. The molecule has 0 aliphatic rings. The minimum atomic E-state index is -0.484. The normalized spacial score (nSPS) is 12.5. The summed E-state index contributed by atoms with van der Waals surface area (Å²) in [7, 11) is 4.51. The van der Waals surface area contributed by atoms with Crippen LogP contribution in [-0.4, -0.2) is 45.0 Å². The minimum Gasteiger partial charge on any atom is -0.493 e. The summed E-state index contributed by atoms with van der Waals surface area (Å²) in [6.45, 7) is 6.25. The van der Waals surface area contributed by atoms with Crippen LogP contribution >= 0.6 is 0 Å². The van der Waals surface area contributed by atoms with Crippen molar-refractivity contribution in [3.05, 3.63) is 17.7 Å². The summed E-state index contributed by atoms with van der Waals surface area (Å²) in [5, 5.41) is 12.8. The number of amides is 1. The molecule has 0 saturated heterocycles. The van der Waals surface area contributed by atoms with Crippen molar-refractivity contribution in [1.82, 2.24) is 5.32 Å². The number of nitrogens with one attached hydrogen (secondary N) is 1. The summed E-state index contributed by atoms with van der Waals surface area (Å²) in [4.78, 5) is 12.3. The lowest BCUT2D eigenvalue weighted by molar-refractivity contribution is 0.0551. The van der Waals surface area contributed by atoms with Crippen molar-refractivity contribution in [1.29, 1.82) is 0 Å². The number of aliphatic hydroxyl groups is 1. The number of benzene rings is 1. The predicted molar refractivity (Wildman–Crippen MR) is 88.5 cm³/mol. The Morgan fingerprint density at radius 2 is 1.65 bits per heavy atom. The Morgan fingerprint density at radius 3 is 2.04 bits per heavy atom. The Labute approximate surface area is 137 Å². The summed E-state index contributed by atoms with van der Waals surface area (Å²) in [5.74, 6) is 1.03. The highest BCUT2D eigenvalue weighted by Gasteiger charge is 2.22. The summed E-state index contributed by atoms with van der Waals surface area (Å²) < 4.78 is 15.7. The summed E-state index contributed by atoms with van der Waals surface area (Å²) in [6, 6.07) is 3.19. The second-order valence-electron chi connectivity index (χ2n) is 6.34. The molecule has 0 saturated carbocycles. The molecule has 23 heavy (non-hydrogen) atoms. The third kappa shape index (κ3) is 5.03. The van der Waals surface area contributed by atoms with Crippen LogP contribution in [0.15, 0.2) is 12.1 Å². The summed E-state index contributed by atoms with van der Waals surface area (Å²) in [5.41, 5.74) is 0.196. The van der Waals surface area contributed by atoms with Crippen molar-refractivity contribution >= 4 is 5.91 Å². The van der Waals surface area contributed by atoms with Crippen molar-refractivity contribution in [3.8, 4) is 17.2 Å². The Hall–Kier alpha value is -1.95. The van der Waals surface area contributed by atoms with Crippen LogP contribution in [0.3, 0.4) is 0 Å². The van der Waals surface area contributed by atoms with E-state index < -0.39 is 6.10 Å². The largest absolute Gasteiger partial charge is 0.493 e. The van der Waals surface area contributed by atoms with Crippen molar-refractivity contribution in [3.63, 3.8) is 0 Å². The molecule has 1 amide bonds. The Kier molecular flexibility index (Phi) is 6.69. The number of ether oxygens (including phenoxy) is 3. The number of carbonyl (C=O) groups is 1. The minimum absolute atomic E-state index is 0.211. The maximum atomic E-state index is 12.3. The Balaban J connectivity index is 2.80. The zero-order chi connectivity index (χ0) is 17.6. The third-order valence-corrected chi connectivity index (χ3v) is 3.63. The van der Waals surface area contributed by atoms with E-state index in [9.17, 15) is 9.90 Å². The first kappa shape index (κ1) is 19.1. The SMILES string of the molecule is COc1cc(C(=O)NCCC(O)C(C)(C)C)cc(OC)c1OC. The van der Waals surface area contributed by atoms with E-state index in [1.807, 2.05) is 20.8 Å². The zero-order valence-electron chi connectivity index (χ0n) is 14.7. The fraction of sp³-hybridized carbons (Fsp3) is 0.588. The molecule has 0 radical (unpaired) electrons. The lowest BCUT2D eigenvalue weighted by Crippen LogP contribution is -2.32. The average Bonchev–Trinajstić information content (AvgIpc) is 2.51. The van der Waals surface area contributed by atoms with Gasteiger partial charge < -0.3 is 24.6 Å². The Bertz CT molecular complexity index is 511. The van der Waals surface area contributed by atoms with Crippen LogP contribution in [0.25, 0.3) is 0 Å². The van der Waals surface area contributed by atoms with Crippen LogP contribution in [0.4, 0.5) is 0 Å². The summed E-state index contributed by atoms with van der Waals surface area (Å²) >= 11 is 0. The van der Waals surface area contributed by atoms with E-state index in [1.54, 1.807) is 12.1 Å². The van der Waals surface area contributed by atoms with E-state index in [4.69, 9.17) is 14.2 Å². The molecule has 1 aromatic carbocycles. The second-order valence-corrected chi connectivity index (χ2v) is 6.34. The van der Waals surface area contributed by atoms with Gasteiger partial charge in [-0.3, -0.25) is 4.79 Å². The van der Waals surface area contributed by atoms with Gasteiger partial charge in [0.15, 0.2) is 11.5 Å². The van der Waals surface area contributed by atoms with Crippen molar-refractivity contribution < 1.29 is 24.1 Å². The van der Waals surface area contributed by atoms with Crippen LogP contribution in [0.5, 0.6) is 17.2 Å². The first-order valence-corrected chi connectivity index (χ1v) is 7.50. The molecule has 0 spiro atoms. The van der Waals surface area contributed by atoms with Crippen molar-refractivity contribution in [2.24, 2.45) is 5.41 Å². The van der Waals surface area contributed by atoms with Gasteiger partial charge in [0, 0.05) is 12.1 Å². The van der Waals surface area contributed by atoms with E-state index in [0.29, 0.717) is 35.8 Å². The van der Waals surface area contributed by atoms with Crippen LogP contribution in [-0.2, 0) is 0 Å². The van der Waals surface area contributed by atoms with Gasteiger partial charge in [0.05, 0.1) is 27.4 Å². The Morgan fingerprint density at radius 1 is 1.13 bits per heavy atom. The van der Waals surface area contributed by atoms with Crippen molar-refractivity contribution in [2.45, 2.75) is 33.3 Å². The standard InChI is InChI=1S/C17H27NO5/c1-17(2,3)14(19)7-8-18-16(20)11-9-12(21-4)15(23-6)13(10-11)22-5/h9-10,14,19H,7-8H2,1-6H3,(H,18,20). The molecule has 0 aliphatic heterocycles. The monoisotopic (exact) mass is 325 g/mol. The first-order chi connectivity index (χ1) is 10.7. The number of hydrogen-bond acceptors (Lipinski definition) is 5. The highest BCUT2D eigenvalue weighted by molar-refractivity contribution is 5.95. The highest BCUT2D eigenvalue weighted by atomic mass is 16.5. The molecular formula is C17H27NO5. The zero-order valence-corrected chi connectivity index (χ0v) is 14.7. The van der Waals surface area contributed by atoms with Crippen LogP contribution < -0.4 is 19.5 Å². The van der Waals surface area contributed by atoms with Gasteiger partial charge in [-0.1, -0.05) is 20.8 Å². The van der Waals surface area contributed by atoms with Gasteiger partial charge in [-0.15, -0.1) is 0 Å². The molecule has 6 heteroatoms. The fourth-order valence-corrected chi connectivity index (χ4v) is 2.07. The number of methoxy groups -OCH3 is 3. The van der Waals surface area contributed by atoms with Crippen LogP contribution in [0, 0.1) is 5.41 Å². The van der Waals surface area contributed by atoms with E-state index in [0.717, 1.165) is 0 Å². The molecule has 0 bridgehead atoms. The molecule has 1 unspecified atom stereocenters. The van der Waals surface area contributed by atoms with Crippen molar-refractivity contribution in [2.75, 3.05) is 27.9 Å². The van der Waals surface area contributed by atoms with Gasteiger partial charge in [-0.25, -0.2) is 0 Å². The van der Waals surface area contributed by atoms with Gasteiger partial charge in [-0.2, -0.15) is 0 Å². The molecular weight excluding hydrogens is 298 g/mol. The summed E-state index contributed by atoms with van der Waals surface area (Å²) in [6.07, 6.45) is 0.00220. The maximum Gasteiger partial charge on any atom is 0.251 e. The number of aliphatic hydroxyl groups excluding tert-OH is 1. The number of rotatable bonds is 7. The molecule has 1 rings (SSSR count). The van der Waals surface area contributed by atoms with E-state index in [2.05, 4.69) is 5.32 Å². The number of carbonyl (C=O) groups excluding carboxylic acids is 1. The number of hydrogen-bond donors (Lipinski definition) is 2. The maximum absolute atomic E-state index is 12.3. The van der Waals surface area contributed by atoms with E-state index >= 15 is 0 Å². The van der Waals surface area contributed by atoms with Gasteiger partial charge in [0.25, 0.3) is 5.91 Å². The molecule has 1 aromatic rings. The lowest BCUT2D eigenvalue weighted by atomic mass is 9.87. The molecule has 130 valence electrons. The topological polar surface area (TPSA) is 77.0 Å². The lowest BCUT2D eigenvalue weighted by Gasteiger charge is -2.25. The van der Waals surface area contributed by atoms with Gasteiger partial charge in [0.1, 0.15) is 0 Å². The third-order valence-electron chi connectivity index (χ3n) is 3.63.